The summed E-state index contributed by atoms with van der Waals surface area (Å²) in [6, 6.07) is 5.64. The minimum Gasteiger partial charge on any atom is -0.480 e. The first-order valence-corrected chi connectivity index (χ1v) is 7.58. The van der Waals surface area contributed by atoms with Gasteiger partial charge in [-0.1, -0.05) is 11.6 Å². The molecule has 0 aliphatic heterocycles. The Kier molecular flexibility index (Phi) is 5.37. The molecule has 0 aliphatic carbocycles. The van der Waals surface area contributed by atoms with Crippen molar-refractivity contribution in [3.8, 4) is 5.75 Å². The number of nitrogens with one attached hydrogen (secondary N) is 1. The molecule has 0 saturated carbocycles. The van der Waals surface area contributed by atoms with Crippen molar-refractivity contribution in [2.24, 2.45) is 0 Å². The van der Waals surface area contributed by atoms with Gasteiger partial charge in [0.25, 0.3) is 5.91 Å². The molecule has 2 rings (SSSR count). The molecule has 1 aromatic carbocycles. The standard InChI is InChI=1S/C15H13BrClFN2O2/c1-8-5-14(17)19-7-12(8)20-15(21)9(2)22-13-4-3-10(18)6-11(13)16/h3-7,9H,1-2H3,(H,20,21)/t9-/m1/s1. The summed E-state index contributed by atoms with van der Waals surface area (Å²) >= 11 is 8.96. The molecular weight excluding hydrogens is 375 g/mol. The van der Waals surface area contributed by atoms with E-state index in [0.29, 0.717) is 21.1 Å². The number of ether oxygens (including phenoxy) is 1. The molecule has 0 unspecified atom stereocenters. The van der Waals surface area contributed by atoms with Crippen molar-refractivity contribution in [1.82, 2.24) is 4.98 Å². The van der Waals surface area contributed by atoms with E-state index in [1.807, 2.05) is 6.92 Å². The number of rotatable bonds is 4. The Labute approximate surface area is 140 Å². The van der Waals surface area contributed by atoms with E-state index in [2.05, 4.69) is 26.2 Å². The predicted molar refractivity (Wildman–Crippen MR) is 86.8 cm³/mol. The van der Waals surface area contributed by atoms with Crippen molar-refractivity contribution >= 4 is 39.1 Å². The largest absolute Gasteiger partial charge is 0.480 e. The lowest BCUT2D eigenvalue weighted by atomic mass is 10.2. The van der Waals surface area contributed by atoms with Crippen LogP contribution in [0.5, 0.6) is 5.75 Å². The summed E-state index contributed by atoms with van der Waals surface area (Å²) in [6.07, 6.45) is 0.715. The minimum atomic E-state index is -0.767. The Bertz CT molecular complexity index is 712. The van der Waals surface area contributed by atoms with Gasteiger partial charge in [0.2, 0.25) is 0 Å². The van der Waals surface area contributed by atoms with E-state index in [9.17, 15) is 9.18 Å². The zero-order valence-electron chi connectivity index (χ0n) is 11.9. The van der Waals surface area contributed by atoms with Gasteiger partial charge in [-0.15, -0.1) is 0 Å². The van der Waals surface area contributed by atoms with E-state index in [-0.39, 0.29) is 11.7 Å². The van der Waals surface area contributed by atoms with Gasteiger partial charge in [-0.2, -0.15) is 0 Å². The summed E-state index contributed by atoms with van der Waals surface area (Å²) in [7, 11) is 0. The fourth-order valence-electron chi connectivity index (χ4n) is 1.70. The van der Waals surface area contributed by atoms with Crippen LogP contribution in [0, 0.1) is 12.7 Å². The van der Waals surface area contributed by atoms with Crippen LogP contribution in [0.25, 0.3) is 0 Å². The van der Waals surface area contributed by atoms with Crippen molar-refractivity contribution in [3.05, 3.63) is 51.5 Å². The molecule has 1 amide bonds. The number of hydrogen-bond donors (Lipinski definition) is 1. The van der Waals surface area contributed by atoms with Gasteiger partial charge in [0.1, 0.15) is 16.7 Å². The smallest absolute Gasteiger partial charge is 0.265 e. The fourth-order valence-corrected chi connectivity index (χ4v) is 2.36. The van der Waals surface area contributed by atoms with Crippen molar-refractivity contribution in [3.63, 3.8) is 0 Å². The number of amides is 1. The topological polar surface area (TPSA) is 51.2 Å². The lowest BCUT2D eigenvalue weighted by Crippen LogP contribution is -2.30. The molecule has 116 valence electrons. The molecule has 4 nitrogen and oxygen atoms in total. The number of aryl methyl sites for hydroxylation is 1. The van der Waals surface area contributed by atoms with Crippen LogP contribution in [0.2, 0.25) is 5.15 Å². The first-order chi connectivity index (χ1) is 10.4. The first kappa shape index (κ1) is 16.7. The van der Waals surface area contributed by atoms with E-state index in [1.165, 1.54) is 24.4 Å². The van der Waals surface area contributed by atoms with Gasteiger partial charge in [0, 0.05) is 0 Å². The monoisotopic (exact) mass is 386 g/mol. The van der Waals surface area contributed by atoms with Crippen molar-refractivity contribution in [2.75, 3.05) is 5.32 Å². The van der Waals surface area contributed by atoms with Crippen molar-refractivity contribution in [2.45, 2.75) is 20.0 Å². The van der Waals surface area contributed by atoms with Crippen LogP contribution in [0.15, 0.2) is 34.9 Å². The van der Waals surface area contributed by atoms with Crippen LogP contribution in [-0.4, -0.2) is 17.0 Å². The van der Waals surface area contributed by atoms with Crippen LogP contribution in [-0.2, 0) is 4.79 Å². The average Bonchev–Trinajstić information content (AvgIpc) is 2.44. The molecule has 1 aromatic heterocycles. The molecule has 7 heteroatoms. The maximum absolute atomic E-state index is 13.0. The lowest BCUT2D eigenvalue weighted by molar-refractivity contribution is -0.122. The molecule has 0 fully saturated rings. The number of aromatic nitrogens is 1. The zero-order chi connectivity index (χ0) is 16.3. The number of nitrogens with zero attached hydrogens (tertiary/aromatic N) is 1. The van der Waals surface area contributed by atoms with Gasteiger partial charge in [-0.25, -0.2) is 9.37 Å². The highest BCUT2D eigenvalue weighted by Gasteiger charge is 2.17. The number of carbonyl (C=O) groups is 1. The molecule has 1 N–H and O–H groups in total. The minimum absolute atomic E-state index is 0.344. The van der Waals surface area contributed by atoms with Crippen LogP contribution in [0.4, 0.5) is 10.1 Å². The molecule has 1 heterocycles. The molecule has 1 atom stereocenters. The highest BCUT2D eigenvalue weighted by atomic mass is 79.9. The molecule has 0 saturated heterocycles. The third kappa shape index (κ3) is 4.18. The Morgan fingerprint density at radius 3 is 2.82 bits per heavy atom. The fraction of sp³-hybridized carbons (Fsp3) is 0.200. The molecule has 22 heavy (non-hydrogen) atoms. The summed E-state index contributed by atoms with van der Waals surface area (Å²) in [5.74, 6) is -0.349. The summed E-state index contributed by atoms with van der Waals surface area (Å²) in [4.78, 5) is 16.1. The second-order valence-electron chi connectivity index (χ2n) is 4.65. The third-order valence-electron chi connectivity index (χ3n) is 2.90. The van der Waals surface area contributed by atoms with Gasteiger partial charge in [0.05, 0.1) is 16.4 Å². The van der Waals surface area contributed by atoms with Crippen molar-refractivity contribution < 1.29 is 13.9 Å². The van der Waals surface area contributed by atoms with Gasteiger partial charge in [0.15, 0.2) is 6.10 Å². The first-order valence-electron chi connectivity index (χ1n) is 6.41. The van der Waals surface area contributed by atoms with E-state index < -0.39 is 6.10 Å². The highest BCUT2D eigenvalue weighted by Crippen LogP contribution is 2.26. The van der Waals surface area contributed by atoms with Crippen LogP contribution < -0.4 is 10.1 Å². The Balaban J connectivity index is 2.05. The average molecular weight is 388 g/mol. The number of hydrogen-bond acceptors (Lipinski definition) is 3. The maximum Gasteiger partial charge on any atom is 0.265 e. The molecule has 0 aliphatic rings. The number of halogens is 3. The van der Waals surface area contributed by atoms with Gasteiger partial charge in [-0.05, 0) is 59.6 Å². The van der Waals surface area contributed by atoms with E-state index in [0.717, 1.165) is 5.56 Å². The summed E-state index contributed by atoms with van der Waals surface area (Å²) < 4.78 is 19.0. The zero-order valence-corrected chi connectivity index (χ0v) is 14.2. The normalized spacial score (nSPS) is 11.9. The molecule has 0 spiro atoms. The molecule has 0 radical (unpaired) electrons. The van der Waals surface area contributed by atoms with E-state index in [1.54, 1.807) is 13.0 Å². The van der Waals surface area contributed by atoms with Crippen LogP contribution >= 0.6 is 27.5 Å². The maximum atomic E-state index is 13.0. The predicted octanol–water partition coefficient (Wildman–Crippen LogP) is 4.35. The van der Waals surface area contributed by atoms with Crippen molar-refractivity contribution in [1.29, 1.82) is 0 Å². The van der Waals surface area contributed by atoms with Crippen LogP contribution in [0.1, 0.15) is 12.5 Å². The molecule has 2 aromatic rings. The lowest BCUT2D eigenvalue weighted by Gasteiger charge is -2.16. The number of anilines is 1. The summed E-state index contributed by atoms with van der Waals surface area (Å²) in [5.41, 5.74) is 1.35. The van der Waals surface area contributed by atoms with Gasteiger partial charge >= 0.3 is 0 Å². The second kappa shape index (κ2) is 7.07. The third-order valence-corrected chi connectivity index (χ3v) is 3.73. The number of benzene rings is 1. The Hall–Kier alpha value is -1.66. The highest BCUT2D eigenvalue weighted by molar-refractivity contribution is 9.10. The van der Waals surface area contributed by atoms with Crippen LogP contribution in [0.3, 0.4) is 0 Å². The van der Waals surface area contributed by atoms with Gasteiger partial charge in [-0.3, -0.25) is 4.79 Å². The summed E-state index contributed by atoms with van der Waals surface area (Å²) in [5, 5.41) is 3.07. The molecule has 0 bridgehead atoms. The number of pyridine rings is 1. The molecular formula is C15H13BrClFN2O2. The SMILES string of the molecule is Cc1cc(Cl)ncc1NC(=O)[C@@H](C)Oc1ccc(F)cc1Br. The quantitative estimate of drug-likeness (QED) is 0.794. The number of carbonyl (C=O) groups excluding carboxylic acids is 1. The Morgan fingerprint density at radius 1 is 1.45 bits per heavy atom. The Morgan fingerprint density at radius 2 is 2.18 bits per heavy atom. The van der Waals surface area contributed by atoms with E-state index >= 15 is 0 Å². The van der Waals surface area contributed by atoms with E-state index in [4.69, 9.17) is 16.3 Å². The second-order valence-corrected chi connectivity index (χ2v) is 5.89. The van der Waals surface area contributed by atoms with Gasteiger partial charge < -0.3 is 10.1 Å². The summed E-state index contributed by atoms with van der Waals surface area (Å²) in [6.45, 7) is 3.41.